The Morgan fingerprint density at radius 2 is 0.228 bits per heavy atom. The molecular formula is C77H63AuFe7MoO14S14-14. The van der Waals surface area contributed by atoms with Crippen LogP contribution in [0.2, 0.25) is 0 Å². The summed E-state index contributed by atoms with van der Waals surface area (Å²) >= 11 is 2.92. The first-order chi connectivity index (χ1) is 54.0. The largest absolute Gasteiger partial charge is 0.214 e. The van der Waals surface area contributed by atoms with Crippen molar-refractivity contribution in [2.24, 2.45) is 0 Å². The predicted octanol–water partition coefficient (Wildman–Crippen LogP) is 12.2. The van der Waals surface area contributed by atoms with Crippen molar-refractivity contribution in [2.45, 2.75) is 0 Å². The van der Waals surface area contributed by atoms with Crippen molar-refractivity contribution in [3.8, 4) is 0 Å². The number of hydrogen-bond donors (Lipinski definition) is 0. The van der Waals surface area contributed by atoms with Crippen molar-refractivity contribution in [3.63, 3.8) is 0 Å². The smallest absolute Gasteiger partial charge is 0.172 e. The second kappa shape index (κ2) is 108. The van der Waals surface area contributed by atoms with Crippen molar-refractivity contribution >= 4 is 148 Å². The van der Waals surface area contributed by atoms with Crippen LogP contribution in [0.25, 0.3) is 0 Å². The van der Waals surface area contributed by atoms with Gasteiger partial charge in [-0.15, -0.1) is 0 Å². The summed E-state index contributed by atoms with van der Waals surface area (Å²) in [6, 6.07) is 70.0. The minimum absolute atomic E-state index is 0. The van der Waals surface area contributed by atoms with Crippen molar-refractivity contribution in [1.29, 1.82) is 0 Å². The maximum Gasteiger partial charge on any atom is -0.172 e. The molecule has 626 valence electrons. The molecule has 0 bridgehead atoms. The van der Waals surface area contributed by atoms with E-state index < -0.39 is 41.6 Å². The average Bonchev–Trinajstić information content (AvgIpc) is 1.87. The van der Waals surface area contributed by atoms with Gasteiger partial charge in [-0.05, 0) is 39.0 Å². The minimum atomic E-state index is -1.12. The van der Waals surface area contributed by atoms with E-state index in [2.05, 4.69) is 148 Å². The fraction of sp³-hybridized carbons (Fsp3) is 0. The zero-order valence-corrected chi connectivity index (χ0v) is 81.3. The van der Waals surface area contributed by atoms with E-state index in [0.29, 0.717) is 81.9 Å². The summed E-state index contributed by atoms with van der Waals surface area (Å²) in [7, 11) is 58.9. The van der Waals surface area contributed by atoms with Gasteiger partial charge in [-0.2, -0.15) is 169 Å². The Bertz CT molecular complexity index is 3360. The maximum absolute atomic E-state index is 9.95. The third kappa shape index (κ3) is 105. The number of rotatable bonds is 0. The van der Waals surface area contributed by atoms with Crippen LogP contribution in [0, 0.1) is 0 Å². The van der Waals surface area contributed by atoms with E-state index in [0.717, 1.165) is 0 Å². The summed E-state index contributed by atoms with van der Waals surface area (Å²) in [6.07, 6.45) is 44.1. The zero-order chi connectivity index (χ0) is 85.6. The van der Waals surface area contributed by atoms with Crippen LogP contribution < -0.4 is 71.5 Å². The van der Waals surface area contributed by atoms with E-state index in [4.69, 9.17) is 0 Å². The molecule has 0 saturated heterocycles. The molecule has 14 rings (SSSR count). The van der Waals surface area contributed by atoms with E-state index in [1.807, 2.05) is 212 Å². The molecule has 7 aliphatic rings. The molecule has 14 nitrogen and oxygen atoms in total. The van der Waals surface area contributed by atoms with Gasteiger partial charge in [0, 0.05) is 0 Å². The van der Waals surface area contributed by atoms with Gasteiger partial charge in [0.05, 0.1) is 0 Å². The van der Waals surface area contributed by atoms with Crippen LogP contribution in [0.4, 0.5) is 0 Å². The molecule has 0 atom stereocenters. The minimum Gasteiger partial charge on any atom is -0.214 e. The van der Waals surface area contributed by atoms with Crippen LogP contribution in [0.5, 0.6) is 0 Å². The van der Waals surface area contributed by atoms with E-state index in [1.54, 1.807) is 85.1 Å². The Hall–Kier alpha value is -4.67. The molecule has 0 fully saturated rings. The van der Waals surface area contributed by atoms with Gasteiger partial charge < -0.3 is 71.5 Å². The first kappa shape index (κ1) is 127. The SMILES string of the molecule is [Au+3].[Mo+4].[O-]C([O-])=C1C=CC=C1.[O-]C([O-])=C1C=CC=C1.[O-]C([O-])=C1C=CC=C1.[O-]C([O-])=C1C=CC=C1.[O-]C([O-])=C1C=CC=C1.[O-]C([O-])=C1C=CC=C1.[O-]C([O-])=C1C=CC=C1.[S]=[Fe]=[S].[S]=[Fe]=[S].[S]=[Fe]=[S].[S]=[Fe]=[S].[S]=[Fe]=[S].[S]=[Fe]=[S].[S]=[Fe]=[S].c1cc[cH-]c1.c1cc[cH-]c1.c1cc[cH-]c1.c1cc[cH-]c1.c1cc[cH-]c1.c1cc[cH-]c1.c1cc[cH-]c1. The van der Waals surface area contributed by atoms with Crippen molar-refractivity contribution < 1.29 is 197 Å². The molecule has 7 aromatic carbocycles. The van der Waals surface area contributed by atoms with Gasteiger partial charge in [0.2, 0.25) is 0 Å². The molecule has 0 spiro atoms. The quantitative estimate of drug-likeness (QED) is 0.0773. The molecule has 37 heteroatoms. The molecule has 0 radical (unpaired) electrons. The topological polar surface area (TPSA) is 323 Å². The summed E-state index contributed by atoms with van der Waals surface area (Å²) in [5, 5.41) is 139. The van der Waals surface area contributed by atoms with E-state index >= 15 is 0 Å². The molecule has 0 saturated carbocycles. The van der Waals surface area contributed by atoms with Crippen molar-refractivity contribution in [3.05, 3.63) is 463 Å². The summed E-state index contributed by atoms with van der Waals surface area (Å²) < 4.78 is 0. The van der Waals surface area contributed by atoms with Gasteiger partial charge in [0.1, 0.15) is 0 Å². The summed E-state index contributed by atoms with van der Waals surface area (Å²) in [5.74, 6) is -7.81. The van der Waals surface area contributed by atoms with Gasteiger partial charge in [0.15, 0.2) is 0 Å². The Kier molecular flexibility index (Phi) is 121. The Labute approximate surface area is 796 Å². The van der Waals surface area contributed by atoms with E-state index in [-0.39, 0.29) is 82.5 Å². The first-order valence-corrected chi connectivity index (χ1v) is 52.3. The second-order valence-corrected chi connectivity index (χ2v) is 32.3. The summed E-state index contributed by atoms with van der Waals surface area (Å²) in [5.41, 5.74) is 1.69. The van der Waals surface area contributed by atoms with Gasteiger partial charge in [-0.1, -0.05) is 170 Å². The van der Waals surface area contributed by atoms with E-state index in [1.165, 1.54) is 85.1 Å². The van der Waals surface area contributed by atoms with Crippen LogP contribution >= 0.6 is 148 Å². The Balaban J connectivity index is -0.000000146. The molecule has 114 heavy (non-hydrogen) atoms. The normalized spacial score (nSPS) is 10.9. The molecule has 7 aliphatic carbocycles. The first-order valence-electron chi connectivity index (χ1n) is 29.3. The average molecular weight is 2350 g/mol. The molecule has 0 aliphatic heterocycles. The van der Waals surface area contributed by atoms with Crippen molar-refractivity contribution in [1.82, 2.24) is 0 Å². The van der Waals surface area contributed by atoms with Crippen LogP contribution in [0.3, 0.4) is 0 Å². The monoisotopic (exact) mass is 2350 g/mol. The molecule has 0 N–H and O–H groups in total. The molecule has 0 unspecified atom stereocenters. The fourth-order valence-electron chi connectivity index (χ4n) is 5.82. The van der Waals surface area contributed by atoms with Gasteiger partial charge in [-0.3, -0.25) is 0 Å². The molecular weight excluding hydrogens is 2280 g/mol. The Morgan fingerprint density at radius 3 is 0.254 bits per heavy atom. The zero-order valence-electron chi connectivity index (χ0n) is 58.0. The third-order valence-corrected chi connectivity index (χ3v) is 10.2. The van der Waals surface area contributed by atoms with Crippen LogP contribution in [0.15, 0.2) is 463 Å². The van der Waals surface area contributed by atoms with Crippen LogP contribution in [0.1, 0.15) is 0 Å². The second-order valence-electron chi connectivity index (χ2n) is 17.4. The predicted molar refractivity (Wildman–Crippen MR) is 438 cm³/mol. The number of hydrogen-bond acceptors (Lipinski definition) is 28. The summed E-state index contributed by atoms with van der Waals surface area (Å²) in [6.45, 7) is 0. The van der Waals surface area contributed by atoms with Crippen LogP contribution in [-0.2, 0) is 125 Å². The van der Waals surface area contributed by atoms with E-state index in [9.17, 15) is 71.5 Å². The standard InChI is InChI=1S/7C6H6O2.7C5H5.Au.7Fe.Mo.14S/c7*7-6(8)5-3-1-2-4-5;7*1-2-4-5-3-1;;;;;;;;;;;;;;;;;;;;;;;/h7*1-4,7-8H;7*1-5H;;;;;;;;;;;;;;;;;;;;;;;/q;;;;;;;7*-1;+3;;;;;;;;+4;;;;;;;;;;;;;;/p-14. The molecule has 0 heterocycles. The fourth-order valence-corrected chi connectivity index (χ4v) is 5.82. The maximum atomic E-state index is 9.95. The van der Waals surface area contributed by atoms with Gasteiger partial charge >= 0.3 is 273 Å². The molecule has 0 aromatic heterocycles. The number of allylic oxidation sites excluding steroid dienone is 35. The van der Waals surface area contributed by atoms with Crippen molar-refractivity contribution in [2.75, 3.05) is 0 Å². The van der Waals surface area contributed by atoms with Crippen LogP contribution in [-0.4, -0.2) is 0 Å². The van der Waals surface area contributed by atoms with Gasteiger partial charge in [0.25, 0.3) is 0 Å². The summed E-state index contributed by atoms with van der Waals surface area (Å²) in [4.78, 5) is 0. The molecule has 0 amide bonds. The van der Waals surface area contributed by atoms with Gasteiger partial charge in [-0.25, -0.2) is 84.9 Å². The molecule has 7 aromatic rings. The Morgan fingerprint density at radius 1 is 0.167 bits per heavy atom. The third-order valence-electron chi connectivity index (χ3n) is 10.2.